The van der Waals surface area contributed by atoms with Gasteiger partial charge < -0.3 is 41.8 Å². The van der Waals surface area contributed by atoms with Crippen LogP contribution >= 0.6 is 0 Å². The third-order valence-electron chi connectivity index (χ3n) is 5.90. The van der Waals surface area contributed by atoms with Crippen LogP contribution in [0, 0.1) is 0 Å². The maximum atomic E-state index is 11.3. The number of fused-ring (bicyclic) bond motifs is 1. The maximum Gasteiger partial charge on any atom is 1.00 e. The van der Waals surface area contributed by atoms with Crippen molar-refractivity contribution in [2.75, 3.05) is 10.6 Å². The Morgan fingerprint density at radius 3 is 1.21 bits per heavy atom. The van der Waals surface area contributed by atoms with E-state index in [1.165, 1.54) is 54.6 Å². The van der Waals surface area contributed by atoms with Gasteiger partial charge in [-0.25, -0.2) is 33.7 Å². The van der Waals surface area contributed by atoms with Crippen molar-refractivity contribution < 1.29 is 241 Å². The number of benzene rings is 4. The molecule has 4 rings (SSSR count). The molecule has 300 valence electrons. The first kappa shape index (κ1) is 75.8. The number of hydrogen-bond acceptors (Lipinski definition) is 18. The van der Waals surface area contributed by atoms with Gasteiger partial charge in [0.25, 0.3) is 0 Å². The molecule has 4 aromatic rings. The number of carbonyl (C=O) groups is 2. The zero-order chi connectivity index (χ0) is 41.7. The van der Waals surface area contributed by atoms with E-state index in [0.717, 1.165) is 35.9 Å². The van der Waals surface area contributed by atoms with Crippen molar-refractivity contribution in [3.63, 3.8) is 0 Å². The van der Waals surface area contributed by atoms with Crippen LogP contribution in [0.3, 0.4) is 0 Å². The summed E-state index contributed by atoms with van der Waals surface area (Å²) in [5, 5.41) is 4.74. The molecule has 4 radical (unpaired) electrons. The standard InChI is InChI=1S/C13H11NO7S2.C9H9NO4S.C8H8O3S.B.5Na.O3S.V/c1-2-13(15)14-9-3-4-11-8(5-9)6-10(22(16,17)18)7-12(11)23(19,20)21;1-2-9(11)10-7-3-5-8(6-4-7)15(12,13)14;1-2-7-3-5-8(6-4-7)12(9,10)11;;;;;;;1-4(2)3;/h2-7H,1H2,(H,14,15)(H,16,17,18)(H,19,20,21);2-6H,1H2,(H,10,11)(H,12,13,14);2-6H,1H2,(H,9,10,11);;;;;;;;/q;;;;5*+1;-2;/p-4. The largest absolute Gasteiger partial charge is 1.00 e. The molecule has 0 aromatic heterocycles. The molecule has 0 aliphatic rings. The first-order chi connectivity index (χ1) is 24.7. The van der Waals surface area contributed by atoms with E-state index in [1.807, 2.05) is 0 Å². The predicted octanol–water partition coefficient (Wildman–Crippen LogP) is -13.2. The third kappa shape index (κ3) is 29.7. The summed E-state index contributed by atoms with van der Waals surface area (Å²) in [5.74, 6) is -0.957. The smallest absolute Gasteiger partial charge is 0.917 e. The van der Waals surface area contributed by atoms with Crippen LogP contribution in [0.5, 0.6) is 0 Å². The van der Waals surface area contributed by atoms with Crippen LogP contribution in [0.15, 0.2) is 130 Å². The Hall–Kier alpha value is 0.499. The van der Waals surface area contributed by atoms with Crippen LogP contribution in [-0.2, 0) is 88.0 Å². The molecule has 2 N–H and O–H groups in total. The van der Waals surface area contributed by atoms with E-state index >= 15 is 0 Å². The molecule has 0 spiro atoms. The molecule has 61 heavy (non-hydrogen) atoms. The van der Waals surface area contributed by atoms with E-state index in [9.17, 15) is 61.5 Å². The summed E-state index contributed by atoms with van der Waals surface area (Å²) >= 11 is 0. The molecule has 0 aliphatic carbocycles. The minimum atomic E-state index is -5.01. The number of nitrogens with one attached hydrogen (secondary N) is 2. The van der Waals surface area contributed by atoms with Gasteiger partial charge in [-0.05, 0) is 89.2 Å². The van der Waals surface area contributed by atoms with E-state index < -0.39 is 73.1 Å². The normalized spacial score (nSPS) is 9.93. The molecule has 0 saturated heterocycles. The van der Waals surface area contributed by atoms with Crippen molar-refractivity contribution in [3.8, 4) is 0 Å². The van der Waals surface area contributed by atoms with E-state index in [4.69, 9.17) is 13.0 Å². The molecule has 0 saturated carbocycles. The predicted molar refractivity (Wildman–Crippen MR) is 192 cm³/mol. The molecule has 0 heterocycles. The summed E-state index contributed by atoms with van der Waals surface area (Å²) in [4.78, 5) is 19.9. The second kappa shape index (κ2) is 34.8. The Labute approximate surface area is 479 Å². The van der Waals surface area contributed by atoms with Gasteiger partial charge in [0.2, 0.25) is 11.8 Å². The van der Waals surface area contributed by atoms with Crippen molar-refractivity contribution in [3.05, 3.63) is 116 Å². The molecule has 0 unspecified atom stereocenters. The van der Waals surface area contributed by atoms with Gasteiger partial charge in [0, 0.05) is 38.3 Å². The molecule has 2 amide bonds. The van der Waals surface area contributed by atoms with Gasteiger partial charge in [0.1, 0.15) is 40.5 Å². The fourth-order valence-electron chi connectivity index (χ4n) is 3.60. The number of anilines is 2. The molecule has 0 atom stereocenters. The van der Waals surface area contributed by atoms with Crippen molar-refractivity contribution in [1.29, 1.82) is 0 Å². The SMILES string of the molecule is C=CC(=O)Nc1ccc(S(=O)(=O)[O-])cc1.C=CC(=O)Nc1ccc2c(S(=O)(=O)[O-])cc(S(=O)(=O)[O-])cc2c1.C=Cc1ccc(S(=O)(=O)[O-])cc1.O=[S-](=O)[O-].[B].[Na+].[Na+].[Na+].[Na+].[Na+].[V]. The topological polar surface area (TPSA) is 344 Å². The molecule has 31 heteroatoms. The maximum absolute atomic E-state index is 11.3. The Bertz CT molecular complexity index is 2600. The van der Waals surface area contributed by atoms with Crippen LogP contribution in [0.1, 0.15) is 5.56 Å². The monoisotopic (exact) mass is 1020 g/mol. The number of hydrogen-bond donors (Lipinski definition) is 2. The van der Waals surface area contributed by atoms with Crippen molar-refractivity contribution >= 4 is 99.9 Å². The molecule has 4 aromatic carbocycles. The van der Waals surface area contributed by atoms with Crippen LogP contribution in [0.4, 0.5) is 11.4 Å². The third-order valence-corrected chi connectivity index (χ3v) is 9.29. The summed E-state index contributed by atoms with van der Waals surface area (Å²) in [6, 6.07) is 15.7. The molecule has 0 fully saturated rings. The van der Waals surface area contributed by atoms with E-state index in [2.05, 4.69) is 30.4 Å². The Morgan fingerprint density at radius 1 is 0.541 bits per heavy atom. The first-order valence-corrected chi connectivity index (χ1v) is 20.2. The number of carbonyl (C=O) groups excluding carboxylic acids is 2. The van der Waals surface area contributed by atoms with Crippen LogP contribution in [-0.4, -0.2) is 76.7 Å². The summed E-state index contributed by atoms with van der Waals surface area (Å²) < 4.78 is 156. The van der Waals surface area contributed by atoms with E-state index in [1.54, 1.807) is 6.08 Å². The van der Waals surface area contributed by atoms with Gasteiger partial charge in [-0.2, -0.15) is 11.0 Å². The number of rotatable bonds is 9. The fraction of sp³-hybridized carbons (Fsp3) is 0. The second-order valence-corrected chi connectivity index (χ2v) is 15.5. The average Bonchev–Trinajstić information content (AvgIpc) is 3.06. The van der Waals surface area contributed by atoms with E-state index in [0.29, 0.717) is 11.8 Å². The van der Waals surface area contributed by atoms with Gasteiger partial charge in [0.15, 0.2) is 0 Å². The van der Waals surface area contributed by atoms with Gasteiger partial charge in [-0.1, -0.05) is 44.0 Å². The molecular weight excluding hydrogens is 997 g/mol. The van der Waals surface area contributed by atoms with Gasteiger partial charge in [-0.15, -0.1) is 0 Å². The Kier molecular flexibility index (Phi) is 43.2. The summed E-state index contributed by atoms with van der Waals surface area (Å²) in [6.07, 6.45) is 3.65. The van der Waals surface area contributed by atoms with Crippen molar-refractivity contribution in [2.45, 2.75) is 19.6 Å². The average molecular weight is 1020 g/mol. The summed E-state index contributed by atoms with van der Waals surface area (Å²) in [7, 11) is -21.8. The van der Waals surface area contributed by atoms with Crippen LogP contribution in [0.2, 0.25) is 0 Å². The minimum Gasteiger partial charge on any atom is -0.917 e. The van der Waals surface area contributed by atoms with Crippen molar-refractivity contribution in [2.24, 2.45) is 0 Å². The van der Waals surface area contributed by atoms with E-state index in [-0.39, 0.29) is 201 Å². The molecule has 0 bridgehead atoms. The van der Waals surface area contributed by atoms with Gasteiger partial charge in [0.05, 0.1) is 19.6 Å². The zero-order valence-corrected chi connectivity index (χ0v) is 48.3. The molecule has 0 aliphatic heterocycles. The molecular formula is C30H24BN2Na5O17S5V-. The molecule has 19 nitrogen and oxygen atoms in total. The second-order valence-electron chi connectivity index (χ2n) is 9.56. The zero-order valence-electron chi connectivity index (χ0n) is 32.9. The fourth-order valence-corrected chi connectivity index (χ4v) is 5.87. The minimum absolute atomic E-state index is 0. The number of amides is 2. The van der Waals surface area contributed by atoms with Crippen molar-refractivity contribution in [1.82, 2.24) is 0 Å². The summed E-state index contributed by atoms with van der Waals surface area (Å²) in [6.45, 7) is 10.0. The first-order valence-electron chi connectivity index (χ1n) is 13.6. The summed E-state index contributed by atoms with van der Waals surface area (Å²) in [5.41, 5.74) is 1.38. The van der Waals surface area contributed by atoms with Gasteiger partial charge >= 0.3 is 148 Å². The van der Waals surface area contributed by atoms with Crippen LogP contribution in [0.25, 0.3) is 16.8 Å². The Balaban J connectivity index is -0.000000136. The van der Waals surface area contributed by atoms with Crippen LogP contribution < -0.4 is 158 Å². The Morgan fingerprint density at radius 2 is 0.885 bits per heavy atom. The van der Waals surface area contributed by atoms with Gasteiger partial charge in [-0.3, -0.25) is 9.59 Å². The quantitative estimate of drug-likeness (QED) is 0.0517.